The van der Waals surface area contributed by atoms with E-state index in [1.165, 1.54) is 96.3 Å². The first-order valence-electron chi connectivity index (χ1n) is 9.91. The van der Waals surface area contributed by atoms with Gasteiger partial charge in [-0.15, -0.1) is 0 Å². The summed E-state index contributed by atoms with van der Waals surface area (Å²) in [6.07, 6.45) is 21.1. The third-order valence-electron chi connectivity index (χ3n) is 4.96. The van der Waals surface area contributed by atoms with Crippen molar-refractivity contribution in [3.8, 4) is 0 Å². The summed E-state index contributed by atoms with van der Waals surface area (Å²) in [5.74, 6) is 0.853. The molecule has 0 saturated heterocycles. The molecule has 0 spiro atoms. The van der Waals surface area contributed by atoms with E-state index in [1.807, 2.05) is 0 Å². The number of hydrogen-bond acceptors (Lipinski definition) is 1. The topological polar surface area (TPSA) is 12.4 Å². The molecule has 1 rings (SSSR count). The van der Waals surface area contributed by atoms with Crippen molar-refractivity contribution in [3.05, 3.63) is 0 Å². The number of rotatable bonds is 14. The number of nitrogens with zero attached hydrogens (tertiary/aromatic N) is 1. The molecule has 0 aromatic rings. The lowest BCUT2D eigenvalue weighted by molar-refractivity contribution is 0.521. The van der Waals surface area contributed by atoms with Crippen molar-refractivity contribution in [1.82, 2.24) is 0 Å². The number of hydrogen-bond donors (Lipinski definition) is 0. The zero-order valence-electron chi connectivity index (χ0n) is 14.8. The Labute approximate surface area is 134 Å². The lowest BCUT2D eigenvalue weighted by atomic mass is 9.92. The maximum atomic E-state index is 4.78. The van der Waals surface area contributed by atoms with E-state index < -0.39 is 0 Å². The van der Waals surface area contributed by atoms with Gasteiger partial charge in [0, 0.05) is 12.3 Å². The fourth-order valence-corrected chi connectivity index (χ4v) is 3.51. The second-order valence-electron chi connectivity index (χ2n) is 6.93. The van der Waals surface area contributed by atoms with Gasteiger partial charge in [-0.3, -0.25) is 4.99 Å². The van der Waals surface area contributed by atoms with Crippen LogP contribution in [0, 0.1) is 5.92 Å². The van der Waals surface area contributed by atoms with Crippen LogP contribution in [-0.2, 0) is 0 Å². The molecule has 1 atom stereocenters. The lowest BCUT2D eigenvalue weighted by Gasteiger charge is -2.13. The summed E-state index contributed by atoms with van der Waals surface area (Å²) < 4.78 is 0. The van der Waals surface area contributed by atoms with Crippen LogP contribution in [0.5, 0.6) is 0 Å². The largest absolute Gasteiger partial charge is 0.294 e. The standard InChI is InChI=1S/C20H39N/c1-3-5-7-9-10-11-12-13-15-19-17-18-21-20(19)16-14-8-6-4-2/h19H,3-18H2,1-2H3. The Balaban J connectivity index is 1.97. The predicted molar refractivity (Wildman–Crippen MR) is 96.4 cm³/mol. The summed E-state index contributed by atoms with van der Waals surface area (Å²) in [5, 5.41) is 0. The van der Waals surface area contributed by atoms with Crippen LogP contribution in [-0.4, -0.2) is 12.3 Å². The van der Waals surface area contributed by atoms with E-state index in [0.717, 1.165) is 12.5 Å². The molecular weight excluding hydrogens is 254 g/mol. The van der Waals surface area contributed by atoms with Crippen LogP contribution >= 0.6 is 0 Å². The summed E-state index contributed by atoms with van der Waals surface area (Å²) in [4.78, 5) is 4.78. The molecule has 1 heteroatoms. The second-order valence-corrected chi connectivity index (χ2v) is 6.93. The summed E-state index contributed by atoms with van der Waals surface area (Å²) in [6.45, 7) is 5.70. The molecule has 124 valence electrons. The Bertz CT molecular complexity index is 257. The van der Waals surface area contributed by atoms with Crippen molar-refractivity contribution in [1.29, 1.82) is 0 Å². The number of aliphatic imine (C=N–C) groups is 1. The van der Waals surface area contributed by atoms with E-state index in [0.29, 0.717) is 0 Å². The SMILES string of the molecule is CCCCCCCCCCC1CCN=C1CCCCCC. The van der Waals surface area contributed by atoms with Crippen molar-refractivity contribution in [2.24, 2.45) is 10.9 Å². The normalized spacial score (nSPS) is 18.2. The van der Waals surface area contributed by atoms with Crippen molar-refractivity contribution in [2.75, 3.05) is 6.54 Å². The first-order valence-corrected chi connectivity index (χ1v) is 9.91. The van der Waals surface area contributed by atoms with Gasteiger partial charge in [-0.1, -0.05) is 84.5 Å². The quantitative estimate of drug-likeness (QED) is 0.307. The summed E-state index contributed by atoms with van der Waals surface area (Å²) in [6, 6.07) is 0. The minimum atomic E-state index is 0.853. The molecule has 1 aliphatic heterocycles. The van der Waals surface area contributed by atoms with E-state index in [4.69, 9.17) is 4.99 Å². The average Bonchev–Trinajstić information content (AvgIpc) is 2.94. The van der Waals surface area contributed by atoms with E-state index in [1.54, 1.807) is 5.71 Å². The van der Waals surface area contributed by atoms with Crippen LogP contribution in [0.1, 0.15) is 110 Å². The summed E-state index contributed by atoms with van der Waals surface area (Å²) >= 11 is 0. The van der Waals surface area contributed by atoms with Gasteiger partial charge < -0.3 is 0 Å². The van der Waals surface area contributed by atoms with E-state index in [9.17, 15) is 0 Å². The van der Waals surface area contributed by atoms with E-state index in [2.05, 4.69) is 13.8 Å². The minimum Gasteiger partial charge on any atom is -0.294 e. The molecule has 0 aliphatic carbocycles. The van der Waals surface area contributed by atoms with E-state index in [-0.39, 0.29) is 0 Å². The maximum Gasteiger partial charge on any atom is 0.0395 e. The molecule has 0 saturated carbocycles. The monoisotopic (exact) mass is 293 g/mol. The molecule has 0 N–H and O–H groups in total. The highest BCUT2D eigenvalue weighted by molar-refractivity contribution is 5.88. The van der Waals surface area contributed by atoms with Gasteiger partial charge >= 0.3 is 0 Å². The van der Waals surface area contributed by atoms with Crippen LogP contribution in [0.3, 0.4) is 0 Å². The lowest BCUT2D eigenvalue weighted by Crippen LogP contribution is -2.10. The van der Waals surface area contributed by atoms with Crippen LogP contribution < -0.4 is 0 Å². The maximum absolute atomic E-state index is 4.78. The molecule has 0 amide bonds. The van der Waals surface area contributed by atoms with E-state index >= 15 is 0 Å². The van der Waals surface area contributed by atoms with Gasteiger partial charge in [0.05, 0.1) is 0 Å². The zero-order valence-corrected chi connectivity index (χ0v) is 14.8. The Morgan fingerprint density at radius 1 is 0.762 bits per heavy atom. The zero-order chi connectivity index (χ0) is 15.2. The molecule has 0 radical (unpaired) electrons. The second kappa shape index (κ2) is 13.3. The fourth-order valence-electron chi connectivity index (χ4n) is 3.51. The Morgan fingerprint density at radius 2 is 1.33 bits per heavy atom. The van der Waals surface area contributed by atoms with Gasteiger partial charge in [0.25, 0.3) is 0 Å². The van der Waals surface area contributed by atoms with Crippen molar-refractivity contribution >= 4 is 5.71 Å². The van der Waals surface area contributed by atoms with Crippen molar-refractivity contribution in [3.63, 3.8) is 0 Å². The highest BCUT2D eigenvalue weighted by Gasteiger charge is 2.19. The Morgan fingerprint density at radius 3 is 2.00 bits per heavy atom. The molecule has 21 heavy (non-hydrogen) atoms. The van der Waals surface area contributed by atoms with Crippen molar-refractivity contribution < 1.29 is 0 Å². The average molecular weight is 294 g/mol. The van der Waals surface area contributed by atoms with Gasteiger partial charge in [-0.25, -0.2) is 0 Å². The molecular formula is C20H39N. The van der Waals surface area contributed by atoms with Gasteiger partial charge in [0.15, 0.2) is 0 Å². The van der Waals surface area contributed by atoms with Crippen molar-refractivity contribution in [2.45, 2.75) is 110 Å². The highest BCUT2D eigenvalue weighted by atomic mass is 14.8. The van der Waals surface area contributed by atoms with Gasteiger partial charge in [-0.05, 0) is 31.6 Å². The Hall–Kier alpha value is -0.330. The predicted octanol–water partition coefficient (Wildman–Crippen LogP) is 6.95. The summed E-state index contributed by atoms with van der Waals surface area (Å²) in [7, 11) is 0. The molecule has 0 aromatic carbocycles. The molecule has 0 bridgehead atoms. The molecule has 1 unspecified atom stereocenters. The van der Waals surface area contributed by atoms with Gasteiger partial charge in [0.1, 0.15) is 0 Å². The smallest absolute Gasteiger partial charge is 0.0395 e. The first kappa shape index (κ1) is 18.7. The van der Waals surface area contributed by atoms with Crippen LogP contribution in [0.15, 0.2) is 4.99 Å². The molecule has 1 heterocycles. The van der Waals surface area contributed by atoms with Crippen LogP contribution in [0.4, 0.5) is 0 Å². The third kappa shape index (κ3) is 9.32. The minimum absolute atomic E-state index is 0.853. The fraction of sp³-hybridized carbons (Fsp3) is 0.950. The molecule has 1 nitrogen and oxygen atoms in total. The first-order chi connectivity index (χ1) is 10.4. The number of unbranched alkanes of at least 4 members (excludes halogenated alkanes) is 10. The summed E-state index contributed by atoms with van der Waals surface area (Å²) in [5.41, 5.74) is 1.58. The van der Waals surface area contributed by atoms with Crippen LogP contribution in [0.25, 0.3) is 0 Å². The molecule has 1 aliphatic rings. The van der Waals surface area contributed by atoms with Gasteiger partial charge in [-0.2, -0.15) is 0 Å². The molecule has 0 aromatic heterocycles. The van der Waals surface area contributed by atoms with Crippen LogP contribution in [0.2, 0.25) is 0 Å². The third-order valence-corrected chi connectivity index (χ3v) is 4.96. The molecule has 0 fully saturated rings. The van der Waals surface area contributed by atoms with Gasteiger partial charge in [0.2, 0.25) is 0 Å². The highest BCUT2D eigenvalue weighted by Crippen LogP contribution is 2.24. The Kier molecular flexibility index (Phi) is 11.9.